The van der Waals surface area contributed by atoms with Gasteiger partial charge in [0, 0.05) is 30.6 Å². The Hall–Kier alpha value is -4.46. The highest BCUT2D eigenvalue weighted by Gasteiger charge is 2.34. The van der Waals surface area contributed by atoms with Crippen LogP contribution in [0.5, 0.6) is 17.2 Å². The lowest BCUT2D eigenvalue weighted by Gasteiger charge is -2.30. The van der Waals surface area contributed by atoms with E-state index in [4.69, 9.17) is 14.2 Å². The molecule has 1 atom stereocenters. The van der Waals surface area contributed by atoms with Gasteiger partial charge < -0.3 is 29.5 Å². The van der Waals surface area contributed by atoms with Gasteiger partial charge in [0.25, 0.3) is 11.8 Å². The van der Waals surface area contributed by atoms with Crippen molar-refractivity contribution in [1.29, 1.82) is 0 Å². The lowest BCUT2D eigenvalue weighted by atomic mass is 10.0. The van der Waals surface area contributed by atoms with Crippen LogP contribution in [-0.4, -0.2) is 65.4 Å². The first-order valence-corrected chi connectivity index (χ1v) is 12.0. The number of aryl methyl sites for hydroxylation is 2. The second-order valence-electron chi connectivity index (χ2n) is 9.21. The minimum atomic E-state index is -1.15. The number of carbonyl (C=O) groups is 2. The summed E-state index contributed by atoms with van der Waals surface area (Å²) in [4.78, 5) is 36.2. The van der Waals surface area contributed by atoms with Crippen molar-refractivity contribution in [3.05, 3.63) is 71.3 Å². The summed E-state index contributed by atoms with van der Waals surface area (Å²) in [6.45, 7) is 4.00. The Bertz CT molecular complexity index is 1470. The fraction of sp³-hybridized carbons (Fsp3) is 0.286. The average molecular weight is 515 g/mol. The van der Waals surface area contributed by atoms with Crippen molar-refractivity contribution in [2.24, 2.45) is 0 Å². The molecule has 5 rings (SSSR count). The Morgan fingerprint density at radius 3 is 2.76 bits per heavy atom. The Morgan fingerprint density at radius 2 is 2.03 bits per heavy atom. The maximum Gasteiger partial charge on any atom is 0.270 e. The predicted octanol–water partition coefficient (Wildman–Crippen LogP) is 2.15. The monoisotopic (exact) mass is 514 g/mol. The quantitative estimate of drug-likeness (QED) is 0.508. The Morgan fingerprint density at radius 1 is 1.21 bits per heavy atom. The summed E-state index contributed by atoms with van der Waals surface area (Å²) in [7, 11) is 1.60. The van der Waals surface area contributed by atoms with Crippen LogP contribution in [0.15, 0.2) is 48.7 Å². The summed E-state index contributed by atoms with van der Waals surface area (Å²) >= 11 is 0. The van der Waals surface area contributed by atoms with E-state index in [9.17, 15) is 14.7 Å². The number of aromatic nitrogens is 2. The summed E-state index contributed by atoms with van der Waals surface area (Å²) in [6.07, 6.45) is 1.46. The van der Waals surface area contributed by atoms with E-state index in [1.807, 2.05) is 26.0 Å². The van der Waals surface area contributed by atoms with Crippen molar-refractivity contribution >= 4 is 17.5 Å². The molecule has 0 spiro atoms. The number of nitrogens with zero attached hydrogens (tertiary/aromatic N) is 3. The highest BCUT2D eigenvalue weighted by Crippen LogP contribution is 2.32. The summed E-state index contributed by atoms with van der Waals surface area (Å²) < 4.78 is 16.8. The van der Waals surface area contributed by atoms with E-state index in [0.29, 0.717) is 28.5 Å². The summed E-state index contributed by atoms with van der Waals surface area (Å²) in [5.74, 6) is 6.27. The van der Waals surface area contributed by atoms with Gasteiger partial charge in [0.1, 0.15) is 35.6 Å². The predicted molar refractivity (Wildman–Crippen MR) is 137 cm³/mol. The molecule has 2 aliphatic rings. The van der Waals surface area contributed by atoms with Gasteiger partial charge in [-0.15, -0.1) is 0 Å². The van der Waals surface area contributed by atoms with Crippen molar-refractivity contribution in [2.45, 2.75) is 25.5 Å². The van der Waals surface area contributed by atoms with Crippen LogP contribution in [0.1, 0.15) is 27.4 Å². The van der Waals surface area contributed by atoms with Gasteiger partial charge in [-0.1, -0.05) is 11.8 Å². The normalized spacial score (nSPS) is 17.6. The van der Waals surface area contributed by atoms with E-state index in [1.54, 1.807) is 31.3 Å². The Labute approximate surface area is 219 Å². The third kappa shape index (κ3) is 5.29. The third-order valence-corrected chi connectivity index (χ3v) is 6.15. The molecule has 2 aliphatic heterocycles. The highest BCUT2D eigenvalue weighted by molar-refractivity contribution is 6.03. The van der Waals surface area contributed by atoms with Gasteiger partial charge in [0.05, 0.1) is 24.6 Å². The molecule has 0 unspecified atom stereocenters. The number of nitrogens with one attached hydrogen (secondary N) is 1. The third-order valence-electron chi connectivity index (χ3n) is 6.15. The Balaban J connectivity index is 1.29. The van der Waals surface area contributed by atoms with Crippen LogP contribution < -0.4 is 19.7 Å². The van der Waals surface area contributed by atoms with Gasteiger partial charge in [-0.3, -0.25) is 19.6 Å². The molecule has 2 N–H and O–H groups in total. The molecule has 4 heterocycles. The number of pyridine rings is 2. The lowest BCUT2D eigenvalue weighted by Crippen LogP contribution is -2.49. The zero-order chi connectivity index (χ0) is 26.9. The fourth-order valence-corrected chi connectivity index (χ4v) is 3.98. The molecule has 1 saturated heterocycles. The number of carbonyl (C=O) groups excluding carboxylic acids is 2. The molecular formula is C28H26N4O6. The number of likely N-dealkylation sites (N-methyl/N-ethyl adjacent to an activating group) is 1. The van der Waals surface area contributed by atoms with Crippen LogP contribution in [0.25, 0.3) is 0 Å². The van der Waals surface area contributed by atoms with Crippen molar-refractivity contribution in [2.75, 3.05) is 31.8 Å². The van der Waals surface area contributed by atoms with Gasteiger partial charge in [-0.05, 0) is 50.2 Å². The lowest BCUT2D eigenvalue weighted by molar-refractivity contribution is -0.140. The minimum Gasteiger partial charge on any atom is -0.489 e. The van der Waals surface area contributed by atoms with Gasteiger partial charge in [-0.25, -0.2) is 0 Å². The summed E-state index contributed by atoms with van der Waals surface area (Å²) in [5.41, 5.74) is 1.65. The molecule has 1 fully saturated rings. The number of anilines is 1. The molecule has 1 aromatic carbocycles. The number of hydrogen-bond acceptors (Lipinski definition) is 8. The number of rotatable bonds is 4. The number of amides is 2. The largest absolute Gasteiger partial charge is 0.489 e. The van der Waals surface area contributed by atoms with E-state index >= 15 is 0 Å². The maximum atomic E-state index is 13.2. The molecule has 0 radical (unpaired) electrons. The second-order valence-corrected chi connectivity index (χ2v) is 9.21. The highest BCUT2D eigenvalue weighted by atomic mass is 16.5. The first-order valence-electron chi connectivity index (χ1n) is 12.0. The molecule has 10 nitrogen and oxygen atoms in total. The SMILES string of the molecule is Cc1ccc(Oc2ccnc(C(=O)N[C@H]3COc4ccc(C#CC5(O)COC5)cc4N(C)C3=O)c2)c(C)n1. The molecule has 3 aromatic rings. The van der Waals surface area contributed by atoms with E-state index in [2.05, 4.69) is 27.1 Å². The van der Waals surface area contributed by atoms with Crippen molar-refractivity contribution < 1.29 is 28.9 Å². The fourth-order valence-electron chi connectivity index (χ4n) is 3.98. The molecule has 194 valence electrons. The molecule has 10 heteroatoms. The zero-order valence-corrected chi connectivity index (χ0v) is 21.1. The number of hydrogen-bond donors (Lipinski definition) is 2. The average Bonchev–Trinajstić information content (AvgIpc) is 3.00. The minimum absolute atomic E-state index is 0.0611. The van der Waals surface area contributed by atoms with Crippen LogP contribution in [0, 0.1) is 25.7 Å². The molecule has 0 saturated carbocycles. The van der Waals surface area contributed by atoms with Crippen LogP contribution in [0.3, 0.4) is 0 Å². The second kappa shape index (κ2) is 10.1. The summed E-state index contributed by atoms with van der Waals surface area (Å²) in [6, 6.07) is 11.0. The van der Waals surface area contributed by atoms with Crippen LogP contribution in [-0.2, 0) is 9.53 Å². The molecule has 0 aliphatic carbocycles. The number of fused-ring (bicyclic) bond motifs is 1. The van der Waals surface area contributed by atoms with Gasteiger partial charge in [-0.2, -0.15) is 0 Å². The van der Waals surface area contributed by atoms with Gasteiger partial charge in [0.15, 0.2) is 5.60 Å². The molecular weight excluding hydrogens is 488 g/mol. The van der Waals surface area contributed by atoms with Crippen molar-refractivity contribution in [3.8, 4) is 29.1 Å². The van der Waals surface area contributed by atoms with Crippen molar-refractivity contribution in [1.82, 2.24) is 15.3 Å². The van der Waals surface area contributed by atoms with E-state index in [1.165, 1.54) is 17.2 Å². The van der Waals surface area contributed by atoms with Gasteiger partial charge in [0.2, 0.25) is 0 Å². The zero-order valence-electron chi connectivity index (χ0n) is 21.1. The van der Waals surface area contributed by atoms with E-state index in [0.717, 1.165) is 11.4 Å². The first-order chi connectivity index (χ1) is 18.2. The molecule has 2 amide bonds. The maximum absolute atomic E-state index is 13.2. The topological polar surface area (TPSA) is 123 Å². The molecule has 2 aromatic heterocycles. The summed E-state index contributed by atoms with van der Waals surface area (Å²) in [5, 5.41) is 12.8. The molecule has 0 bridgehead atoms. The van der Waals surface area contributed by atoms with Crippen LogP contribution in [0.2, 0.25) is 0 Å². The van der Waals surface area contributed by atoms with Crippen LogP contribution >= 0.6 is 0 Å². The Kier molecular flexibility index (Phi) is 6.72. The first kappa shape index (κ1) is 25.2. The molecule has 38 heavy (non-hydrogen) atoms. The van der Waals surface area contributed by atoms with E-state index in [-0.39, 0.29) is 31.4 Å². The number of benzene rings is 1. The van der Waals surface area contributed by atoms with Crippen molar-refractivity contribution in [3.63, 3.8) is 0 Å². The van der Waals surface area contributed by atoms with Crippen LogP contribution in [0.4, 0.5) is 5.69 Å². The smallest absolute Gasteiger partial charge is 0.270 e. The standard InChI is InChI=1S/C28H26N4O6/c1-17-4-6-24(18(2)30-17)38-20-9-11-29-21(13-20)26(33)31-22-14-37-25-7-5-19(8-10-28(35)15-36-16-28)12-23(25)32(3)27(22)34/h4-7,9,11-13,22,35H,14-16H2,1-3H3,(H,31,33)/t22-/m0/s1. The van der Waals surface area contributed by atoms with E-state index < -0.39 is 17.6 Å². The van der Waals surface area contributed by atoms with Gasteiger partial charge >= 0.3 is 0 Å². The number of aliphatic hydroxyl groups is 1. The number of ether oxygens (including phenoxy) is 3.